The van der Waals surface area contributed by atoms with Crippen LogP contribution in [0.2, 0.25) is 0 Å². The molecular weight excluding hydrogens is 396 g/mol. The standard InChI is InChI=1S/C22H14N6OS/c29-14-6-13(8-23-9-14)18-7-16-19(10-24-18)27-28-21(16)22-25-17-3-1-2-15(20(17)26-22)12-4-5-30-11-12/h1-11,29H,(H,25,26)(H,27,28). The minimum atomic E-state index is 0.0973. The minimum Gasteiger partial charge on any atom is -0.506 e. The molecule has 0 unspecified atom stereocenters. The molecule has 0 aliphatic carbocycles. The second-order valence-corrected chi connectivity index (χ2v) is 7.70. The first-order valence-electron chi connectivity index (χ1n) is 9.26. The van der Waals surface area contributed by atoms with Crippen LogP contribution in [0.5, 0.6) is 5.75 Å². The number of aromatic amines is 2. The zero-order valence-electron chi connectivity index (χ0n) is 15.5. The molecule has 0 atom stereocenters. The Labute approximate surface area is 174 Å². The summed E-state index contributed by atoms with van der Waals surface area (Å²) in [5.74, 6) is 0.783. The van der Waals surface area contributed by atoms with Gasteiger partial charge >= 0.3 is 0 Å². The Kier molecular flexibility index (Phi) is 3.65. The largest absolute Gasteiger partial charge is 0.506 e. The number of hydrogen-bond acceptors (Lipinski definition) is 6. The van der Waals surface area contributed by atoms with Gasteiger partial charge in [0.2, 0.25) is 0 Å². The van der Waals surface area contributed by atoms with Crippen molar-refractivity contribution >= 4 is 33.3 Å². The smallest absolute Gasteiger partial charge is 0.159 e. The van der Waals surface area contributed by atoms with Crippen molar-refractivity contribution in [2.45, 2.75) is 0 Å². The highest BCUT2D eigenvalue weighted by Crippen LogP contribution is 2.33. The van der Waals surface area contributed by atoms with E-state index in [2.05, 4.69) is 48.0 Å². The van der Waals surface area contributed by atoms with Gasteiger partial charge in [0, 0.05) is 22.7 Å². The van der Waals surface area contributed by atoms with Gasteiger partial charge in [-0.25, -0.2) is 4.98 Å². The topological polar surface area (TPSA) is 103 Å². The zero-order chi connectivity index (χ0) is 20.1. The molecule has 0 saturated carbocycles. The number of fused-ring (bicyclic) bond motifs is 2. The molecule has 0 fully saturated rings. The van der Waals surface area contributed by atoms with E-state index >= 15 is 0 Å². The number of aromatic nitrogens is 6. The van der Waals surface area contributed by atoms with Crippen LogP contribution in [0.3, 0.4) is 0 Å². The summed E-state index contributed by atoms with van der Waals surface area (Å²) in [6.45, 7) is 0. The Balaban J connectivity index is 1.52. The predicted octanol–water partition coefficient (Wildman–Crippen LogP) is 5.00. The van der Waals surface area contributed by atoms with Gasteiger partial charge in [-0.15, -0.1) is 0 Å². The number of para-hydroxylation sites is 1. The molecule has 7 nitrogen and oxygen atoms in total. The van der Waals surface area contributed by atoms with Crippen LogP contribution in [0.25, 0.3) is 55.8 Å². The van der Waals surface area contributed by atoms with E-state index in [9.17, 15) is 5.11 Å². The van der Waals surface area contributed by atoms with Crippen molar-refractivity contribution in [1.29, 1.82) is 0 Å². The van der Waals surface area contributed by atoms with Crippen LogP contribution in [0.1, 0.15) is 0 Å². The maximum absolute atomic E-state index is 9.74. The number of benzene rings is 1. The van der Waals surface area contributed by atoms with E-state index in [1.54, 1.807) is 29.8 Å². The van der Waals surface area contributed by atoms with Gasteiger partial charge < -0.3 is 10.1 Å². The SMILES string of the molecule is Oc1cncc(-c2cc3c(-c4nc5c(-c6ccsc6)cccc5[nH]4)n[nH]c3cn2)c1. The molecule has 30 heavy (non-hydrogen) atoms. The molecule has 0 aliphatic heterocycles. The van der Waals surface area contributed by atoms with Crippen molar-refractivity contribution in [2.75, 3.05) is 0 Å². The number of rotatable bonds is 3. The van der Waals surface area contributed by atoms with Gasteiger partial charge in [0.1, 0.15) is 11.4 Å². The highest BCUT2D eigenvalue weighted by atomic mass is 32.1. The Morgan fingerprint density at radius 3 is 2.80 bits per heavy atom. The molecule has 0 spiro atoms. The molecule has 0 bridgehead atoms. The summed E-state index contributed by atoms with van der Waals surface area (Å²) in [5, 5.41) is 22.3. The van der Waals surface area contributed by atoms with Crippen molar-refractivity contribution in [3.63, 3.8) is 0 Å². The van der Waals surface area contributed by atoms with E-state index in [1.165, 1.54) is 6.20 Å². The summed E-state index contributed by atoms with van der Waals surface area (Å²) < 4.78 is 0. The van der Waals surface area contributed by atoms with Crippen LogP contribution in [0, 0.1) is 0 Å². The fourth-order valence-corrected chi connectivity index (χ4v) is 4.27. The van der Waals surface area contributed by atoms with Crippen LogP contribution < -0.4 is 0 Å². The van der Waals surface area contributed by atoms with Gasteiger partial charge in [-0.2, -0.15) is 16.4 Å². The van der Waals surface area contributed by atoms with E-state index in [4.69, 9.17) is 4.98 Å². The number of nitrogens with zero attached hydrogens (tertiary/aromatic N) is 4. The van der Waals surface area contributed by atoms with E-state index in [0.29, 0.717) is 17.2 Å². The summed E-state index contributed by atoms with van der Waals surface area (Å²) >= 11 is 1.66. The third-order valence-corrected chi connectivity index (χ3v) is 5.72. The molecule has 3 N–H and O–H groups in total. The first-order chi connectivity index (χ1) is 14.8. The van der Waals surface area contributed by atoms with Crippen LogP contribution >= 0.6 is 11.3 Å². The van der Waals surface area contributed by atoms with E-state index in [-0.39, 0.29) is 5.75 Å². The summed E-state index contributed by atoms with van der Waals surface area (Å²) in [6, 6.07) is 11.8. The third-order valence-electron chi connectivity index (χ3n) is 5.04. The van der Waals surface area contributed by atoms with Gasteiger partial charge in [0.25, 0.3) is 0 Å². The molecule has 6 aromatic rings. The molecule has 0 saturated heterocycles. The molecule has 0 aliphatic rings. The van der Waals surface area contributed by atoms with Gasteiger partial charge in [0.05, 0.1) is 34.6 Å². The molecule has 5 aromatic heterocycles. The Morgan fingerprint density at radius 2 is 1.93 bits per heavy atom. The van der Waals surface area contributed by atoms with Crippen LogP contribution in [0.4, 0.5) is 0 Å². The maximum atomic E-state index is 9.74. The van der Waals surface area contributed by atoms with Gasteiger partial charge in [0.15, 0.2) is 5.82 Å². The van der Waals surface area contributed by atoms with E-state index in [0.717, 1.165) is 38.6 Å². The van der Waals surface area contributed by atoms with E-state index < -0.39 is 0 Å². The van der Waals surface area contributed by atoms with Gasteiger partial charge in [-0.05, 0) is 40.6 Å². The molecule has 6 rings (SSSR count). The predicted molar refractivity (Wildman–Crippen MR) is 117 cm³/mol. The third kappa shape index (κ3) is 2.66. The van der Waals surface area contributed by atoms with Crippen LogP contribution in [0.15, 0.2) is 65.7 Å². The van der Waals surface area contributed by atoms with Crippen LogP contribution in [-0.2, 0) is 0 Å². The second kappa shape index (κ2) is 6.50. The highest BCUT2D eigenvalue weighted by molar-refractivity contribution is 7.08. The summed E-state index contributed by atoms with van der Waals surface area (Å²) in [6.07, 6.45) is 4.79. The fraction of sp³-hybridized carbons (Fsp3) is 0. The lowest BCUT2D eigenvalue weighted by molar-refractivity contribution is 0.473. The molecule has 1 aromatic carbocycles. The number of imidazole rings is 1. The van der Waals surface area contributed by atoms with Crippen molar-refractivity contribution < 1.29 is 5.11 Å². The van der Waals surface area contributed by atoms with Crippen molar-refractivity contribution in [3.05, 3.63) is 65.7 Å². The molecule has 0 amide bonds. The lowest BCUT2D eigenvalue weighted by Gasteiger charge is -2.01. The quantitative estimate of drug-likeness (QED) is 0.381. The van der Waals surface area contributed by atoms with Crippen molar-refractivity contribution in [3.8, 4) is 39.7 Å². The lowest BCUT2D eigenvalue weighted by Crippen LogP contribution is -1.86. The van der Waals surface area contributed by atoms with E-state index in [1.807, 2.05) is 18.2 Å². The molecule has 0 radical (unpaired) electrons. The second-order valence-electron chi connectivity index (χ2n) is 6.92. The summed E-state index contributed by atoms with van der Waals surface area (Å²) in [5.41, 5.74) is 7.05. The first kappa shape index (κ1) is 16.9. The monoisotopic (exact) mass is 410 g/mol. The fourth-order valence-electron chi connectivity index (χ4n) is 3.62. The lowest BCUT2D eigenvalue weighted by atomic mass is 10.1. The summed E-state index contributed by atoms with van der Waals surface area (Å²) in [4.78, 5) is 16.8. The Bertz CT molecular complexity index is 1520. The Hall–Kier alpha value is -4.04. The minimum absolute atomic E-state index is 0.0973. The summed E-state index contributed by atoms with van der Waals surface area (Å²) in [7, 11) is 0. The van der Waals surface area contributed by atoms with Gasteiger partial charge in [-0.1, -0.05) is 12.1 Å². The normalized spacial score (nSPS) is 11.5. The Morgan fingerprint density at radius 1 is 0.967 bits per heavy atom. The highest BCUT2D eigenvalue weighted by Gasteiger charge is 2.16. The number of aromatic hydroxyl groups is 1. The molecule has 5 heterocycles. The van der Waals surface area contributed by atoms with Crippen molar-refractivity contribution in [1.82, 2.24) is 30.1 Å². The number of H-pyrrole nitrogens is 2. The average molecular weight is 410 g/mol. The first-order valence-corrected chi connectivity index (χ1v) is 10.2. The zero-order valence-corrected chi connectivity index (χ0v) is 16.3. The maximum Gasteiger partial charge on any atom is 0.159 e. The number of pyridine rings is 2. The number of thiophene rings is 1. The van der Waals surface area contributed by atoms with Crippen LogP contribution in [-0.4, -0.2) is 35.2 Å². The molecule has 144 valence electrons. The number of nitrogens with one attached hydrogen (secondary N) is 2. The molecular formula is C22H14N6OS. The van der Waals surface area contributed by atoms with Crippen molar-refractivity contribution in [2.24, 2.45) is 0 Å². The average Bonchev–Trinajstić information content (AvgIpc) is 3.51. The molecule has 8 heteroatoms. The number of hydrogen-bond donors (Lipinski definition) is 3. The van der Waals surface area contributed by atoms with Gasteiger partial charge in [-0.3, -0.25) is 15.1 Å².